The minimum Gasteiger partial charge on any atom is -0.176 e. The van der Waals surface area contributed by atoms with Gasteiger partial charge in [0, 0.05) is 11.7 Å². The fourth-order valence-corrected chi connectivity index (χ4v) is 0.663. The van der Waals surface area contributed by atoms with Crippen molar-refractivity contribution in [2.24, 2.45) is 0 Å². The van der Waals surface area contributed by atoms with Gasteiger partial charge < -0.3 is 0 Å². The molecule has 0 aromatic heterocycles. The Labute approximate surface area is 64.2 Å². The molecule has 0 amide bonds. The lowest BCUT2D eigenvalue weighted by atomic mass is 10.2. The summed E-state index contributed by atoms with van der Waals surface area (Å²) in [6, 6.07) is 0. The van der Waals surface area contributed by atoms with E-state index in [0.29, 0.717) is 6.42 Å². The largest absolute Gasteiger partial charge is 0.389 e. The summed E-state index contributed by atoms with van der Waals surface area (Å²) < 4.78 is 34.6. The average Bonchev–Trinajstić information content (AvgIpc) is 1.81. The molecule has 1 unspecified atom stereocenters. The lowest BCUT2D eigenvalue weighted by molar-refractivity contribution is -0.135. The molecule has 62 valence electrons. The van der Waals surface area contributed by atoms with Crippen molar-refractivity contribution in [2.75, 3.05) is 0 Å². The molecule has 0 saturated heterocycles. The van der Waals surface area contributed by atoms with Crippen LogP contribution in [-0.4, -0.2) is 11.4 Å². The van der Waals surface area contributed by atoms with Gasteiger partial charge in [-0.25, -0.2) is 0 Å². The third-order valence-electron chi connectivity index (χ3n) is 1.23. The number of rotatable bonds is 3. The minimum absolute atomic E-state index is 0.110. The van der Waals surface area contributed by atoms with Gasteiger partial charge in [0.2, 0.25) is 0 Å². The molecule has 0 N–H and O–H groups in total. The highest BCUT2D eigenvalue weighted by Gasteiger charge is 2.27. The highest BCUT2D eigenvalue weighted by Crippen LogP contribution is 2.24. The predicted molar refractivity (Wildman–Crippen MR) is 38.4 cm³/mol. The van der Waals surface area contributed by atoms with Crippen molar-refractivity contribution in [2.45, 2.75) is 37.6 Å². The normalized spacial score (nSPS) is 15.3. The van der Waals surface area contributed by atoms with Gasteiger partial charge in [0.25, 0.3) is 0 Å². The molecule has 0 aromatic rings. The molecule has 0 nitrogen and oxygen atoms in total. The summed E-state index contributed by atoms with van der Waals surface area (Å²) in [5.74, 6) is 0. The van der Waals surface area contributed by atoms with E-state index in [9.17, 15) is 13.2 Å². The Morgan fingerprint density at radius 3 is 2.20 bits per heavy atom. The van der Waals surface area contributed by atoms with Crippen molar-refractivity contribution in [3.8, 4) is 0 Å². The van der Waals surface area contributed by atoms with Crippen LogP contribution in [0.4, 0.5) is 13.2 Å². The molecular weight excluding hydrogens is 161 g/mol. The Balaban J connectivity index is 3.36. The molecule has 4 heteroatoms. The van der Waals surface area contributed by atoms with Crippen LogP contribution in [0, 0.1) is 0 Å². The molecule has 0 saturated carbocycles. The first-order valence-corrected chi connectivity index (χ1v) is 3.72. The first kappa shape index (κ1) is 10.1. The van der Waals surface area contributed by atoms with Crippen molar-refractivity contribution in [1.82, 2.24) is 0 Å². The van der Waals surface area contributed by atoms with E-state index in [-0.39, 0.29) is 11.7 Å². The highest BCUT2D eigenvalue weighted by atomic mass is 32.1. The van der Waals surface area contributed by atoms with E-state index in [1.54, 1.807) is 0 Å². The molecule has 1 atom stereocenters. The third-order valence-corrected chi connectivity index (χ3v) is 1.86. The highest BCUT2D eigenvalue weighted by molar-refractivity contribution is 7.80. The second kappa shape index (κ2) is 4.11. The SMILES string of the molecule is CCC(S)CCC(F)(F)F. The number of thiol groups is 1. The summed E-state index contributed by atoms with van der Waals surface area (Å²) in [6.45, 7) is 1.83. The zero-order valence-electron chi connectivity index (χ0n) is 5.78. The Morgan fingerprint density at radius 2 is 1.90 bits per heavy atom. The maximum Gasteiger partial charge on any atom is 0.389 e. The number of hydrogen-bond donors (Lipinski definition) is 1. The second-order valence-corrected chi connectivity index (χ2v) is 2.95. The van der Waals surface area contributed by atoms with E-state index in [1.807, 2.05) is 6.92 Å². The van der Waals surface area contributed by atoms with Crippen LogP contribution < -0.4 is 0 Å². The van der Waals surface area contributed by atoms with Crippen LogP contribution in [-0.2, 0) is 0 Å². The molecule has 0 fully saturated rings. The van der Waals surface area contributed by atoms with E-state index in [0.717, 1.165) is 0 Å². The third kappa shape index (κ3) is 6.26. The summed E-state index contributed by atoms with van der Waals surface area (Å²) in [5, 5.41) is -0.110. The molecule has 0 aliphatic rings. The summed E-state index contributed by atoms with van der Waals surface area (Å²) >= 11 is 3.94. The van der Waals surface area contributed by atoms with E-state index in [2.05, 4.69) is 12.6 Å². The standard InChI is InChI=1S/C6H11F3S/c1-2-5(10)3-4-6(7,8)9/h5,10H,2-4H2,1H3. The number of alkyl halides is 3. The molecule has 0 rings (SSSR count). The molecule has 0 radical (unpaired) electrons. The molecule has 0 aliphatic heterocycles. The molecule has 0 bridgehead atoms. The predicted octanol–water partition coefficient (Wildman–Crippen LogP) is 3.04. The van der Waals surface area contributed by atoms with Gasteiger partial charge in [-0.2, -0.15) is 25.8 Å². The van der Waals surface area contributed by atoms with Gasteiger partial charge in [0.05, 0.1) is 0 Å². The van der Waals surface area contributed by atoms with Gasteiger partial charge in [-0.15, -0.1) is 0 Å². The van der Waals surface area contributed by atoms with Crippen LogP contribution >= 0.6 is 12.6 Å². The Kier molecular flexibility index (Phi) is 4.17. The minimum atomic E-state index is -4.02. The molecule has 0 aromatic carbocycles. The van der Waals surface area contributed by atoms with Gasteiger partial charge in [0.15, 0.2) is 0 Å². The monoisotopic (exact) mass is 172 g/mol. The lowest BCUT2D eigenvalue weighted by Gasteiger charge is -2.09. The maximum absolute atomic E-state index is 11.5. The molecule has 10 heavy (non-hydrogen) atoms. The smallest absolute Gasteiger partial charge is 0.176 e. The Morgan fingerprint density at radius 1 is 1.40 bits per heavy atom. The topological polar surface area (TPSA) is 0 Å². The first-order valence-electron chi connectivity index (χ1n) is 3.20. The fraction of sp³-hybridized carbons (Fsp3) is 1.00. The Bertz CT molecular complexity index is 89.5. The second-order valence-electron chi connectivity index (χ2n) is 2.22. The molecule has 0 heterocycles. The van der Waals surface area contributed by atoms with E-state index in [4.69, 9.17) is 0 Å². The van der Waals surface area contributed by atoms with Crippen LogP contribution in [0.15, 0.2) is 0 Å². The molecule has 0 aliphatic carbocycles. The first-order chi connectivity index (χ1) is 4.45. The van der Waals surface area contributed by atoms with Gasteiger partial charge >= 0.3 is 6.18 Å². The van der Waals surface area contributed by atoms with Gasteiger partial charge in [0.1, 0.15) is 0 Å². The van der Waals surface area contributed by atoms with E-state index in [1.165, 1.54) is 0 Å². The summed E-state index contributed by atoms with van der Waals surface area (Å²) in [5.41, 5.74) is 0. The van der Waals surface area contributed by atoms with E-state index >= 15 is 0 Å². The molecular formula is C6H11F3S. The van der Waals surface area contributed by atoms with Gasteiger partial charge in [-0.1, -0.05) is 6.92 Å². The van der Waals surface area contributed by atoms with Crippen LogP contribution in [0.2, 0.25) is 0 Å². The number of halogens is 3. The van der Waals surface area contributed by atoms with Gasteiger partial charge in [-0.3, -0.25) is 0 Å². The van der Waals surface area contributed by atoms with Crippen molar-refractivity contribution >= 4 is 12.6 Å². The molecule has 0 spiro atoms. The summed E-state index contributed by atoms with van der Waals surface area (Å²) in [4.78, 5) is 0. The quantitative estimate of drug-likeness (QED) is 0.621. The summed E-state index contributed by atoms with van der Waals surface area (Å²) in [6.07, 6.45) is -3.91. The Hall–Kier alpha value is 0.140. The van der Waals surface area contributed by atoms with Crippen LogP contribution in [0.25, 0.3) is 0 Å². The van der Waals surface area contributed by atoms with Crippen molar-refractivity contribution in [3.63, 3.8) is 0 Å². The van der Waals surface area contributed by atoms with Crippen LogP contribution in [0.5, 0.6) is 0 Å². The van der Waals surface area contributed by atoms with Crippen molar-refractivity contribution in [3.05, 3.63) is 0 Å². The van der Waals surface area contributed by atoms with Crippen molar-refractivity contribution in [1.29, 1.82) is 0 Å². The van der Waals surface area contributed by atoms with Crippen LogP contribution in [0.1, 0.15) is 26.2 Å². The van der Waals surface area contributed by atoms with Gasteiger partial charge in [-0.05, 0) is 12.8 Å². The average molecular weight is 172 g/mol. The lowest BCUT2D eigenvalue weighted by Crippen LogP contribution is -2.10. The zero-order chi connectivity index (χ0) is 8.20. The zero-order valence-corrected chi connectivity index (χ0v) is 6.67. The fourth-order valence-electron chi connectivity index (χ4n) is 0.534. The maximum atomic E-state index is 11.5. The number of hydrogen-bond acceptors (Lipinski definition) is 1. The van der Waals surface area contributed by atoms with Crippen LogP contribution in [0.3, 0.4) is 0 Å². The van der Waals surface area contributed by atoms with Crippen molar-refractivity contribution < 1.29 is 13.2 Å². The summed E-state index contributed by atoms with van der Waals surface area (Å²) in [7, 11) is 0. The van der Waals surface area contributed by atoms with E-state index < -0.39 is 12.6 Å².